The summed E-state index contributed by atoms with van der Waals surface area (Å²) in [5, 5.41) is 8.82. The highest BCUT2D eigenvalue weighted by atomic mass is 32.2. The number of carbonyl (C=O) groups is 1. The highest BCUT2D eigenvalue weighted by Gasteiger charge is 2.21. The Morgan fingerprint density at radius 1 is 1.40 bits per heavy atom. The van der Waals surface area contributed by atoms with Crippen LogP contribution in [0.5, 0.6) is 0 Å². The molecule has 0 fully saturated rings. The second kappa shape index (κ2) is 6.75. The van der Waals surface area contributed by atoms with Crippen molar-refractivity contribution in [3.8, 4) is 0 Å². The Kier molecular flexibility index (Phi) is 5.57. The fraction of sp³-hybridized carbons (Fsp3) is 0.364. The summed E-state index contributed by atoms with van der Waals surface area (Å²) in [5.74, 6) is -2.53. The van der Waals surface area contributed by atoms with Gasteiger partial charge in [-0.25, -0.2) is 17.6 Å². The van der Waals surface area contributed by atoms with Crippen molar-refractivity contribution in [3.05, 3.63) is 29.1 Å². The second-order valence-corrected chi connectivity index (χ2v) is 5.48. The predicted molar refractivity (Wildman–Crippen MR) is 66.2 cm³/mol. The molecule has 7 nitrogen and oxygen atoms in total. The number of halogens is 1. The molecule has 9 heteroatoms. The average Bonchev–Trinajstić information content (AvgIpc) is 2.37. The summed E-state index contributed by atoms with van der Waals surface area (Å²) in [5.41, 5.74) is -0.815. The van der Waals surface area contributed by atoms with Crippen LogP contribution in [0.2, 0.25) is 0 Å². The summed E-state index contributed by atoms with van der Waals surface area (Å²) < 4.78 is 41.9. The molecular formula is C11H14FNO6S. The number of carboxylic acid groups (broad SMARTS) is 1. The molecule has 0 atom stereocenters. The largest absolute Gasteiger partial charge is 0.478 e. The molecule has 0 radical (unpaired) electrons. The van der Waals surface area contributed by atoms with Crippen LogP contribution in [-0.4, -0.2) is 39.8 Å². The van der Waals surface area contributed by atoms with E-state index in [0.717, 1.165) is 12.1 Å². The van der Waals surface area contributed by atoms with Crippen molar-refractivity contribution in [2.75, 3.05) is 20.3 Å². The molecule has 0 bridgehead atoms. The normalized spacial score (nSPS) is 11.6. The summed E-state index contributed by atoms with van der Waals surface area (Å²) in [6.45, 7) is 1.42. The van der Waals surface area contributed by atoms with Gasteiger partial charge < -0.3 is 9.84 Å². The van der Waals surface area contributed by atoms with E-state index in [1.54, 1.807) is 4.89 Å². The van der Waals surface area contributed by atoms with Crippen molar-refractivity contribution < 1.29 is 32.3 Å². The zero-order valence-electron chi connectivity index (χ0n) is 10.8. The van der Waals surface area contributed by atoms with Gasteiger partial charge in [-0.2, -0.15) is 0 Å². The lowest BCUT2D eigenvalue weighted by molar-refractivity contribution is 0.0438. The van der Waals surface area contributed by atoms with Gasteiger partial charge in [-0.05, 0) is 24.6 Å². The maximum absolute atomic E-state index is 13.5. The summed E-state index contributed by atoms with van der Waals surface area (Å²) in [4.78, 5) is 16.9. The molecule has 1 rings (SSSR count). The molecule has 0 aliphatic heterocycles. The lowest BCUT2D eigenvalue weighted by atomic mass is 10.1. The summed E-state index contributed by atoms with van der Waals surface area (Å²) in [6, 6.07) is 1.75. The number of sulfonamides is 1. The Bertz CT molecular complexity index is 601. The van der Waals surface area contributed by atoms with Crippen LogP contribution in [-0.2, 0) is 19.6 Å². The van der Waals surface area contributed by atoms with Gasteiger partial charge >= 0.3 is 5.97 Å². The minimum atomic E-state index is -4.09. The molecule has 0 amide bonds. The zero-order chi connectivity index (χ0) is 15.3. The van der Waals surface area contributed by atoms with Crippen molar-refractivity contribution in [2.45, 2.75) is 11.8 Å². The maximum atomic E-state index is 13.5. The smallest absolute Gasteiger partial charge is 0.338 e. The van der Waals surface area contributed by atoms with Crippen LogP contribution in [0.15, 0.2) is 17.0 Å². The molecule has 0 saturated heterocycles. The van der Waals surface area contributed by atoms with E-state index in [2.05, 4.69) is 9.57 Å². The minimum absolute atomic E-state index is 0.0261. The highest BCUT2D eigenvalue weighted by Crippen LogP contribution is 2.19. The van der Waals surface area contributed by atoms with Crippen LogP contribution in [0.25, 0.3) is 0 Å². The van der Waals surface area contributed by atoms with E-state index >= 15 is 0 Å². The minimum Gasteiger partial charge on any atom is -0.478 e. The number of aromatic carboxylic acids is 1. The van der Waals surface area contributed by atoms with Gasteiger partial charge in [0.2, 0.25) is 0 Å². The van der Waals surface area contributed by atoms with Gasteiger partial charge in [-0.15, -0.1) is 0 Å². The number of methoxy groups -OCH3 is 1. The number of carboxylic acids is 1. The van der Waals surface area contributed by atoms with Crippen LogP contribution in [0.3, 0.4) is 0 Å². The number of benzene rings is 1. The van der Waals surface area contributed by atoms with E-state index in [0.29, 0.717) is 0 Å². The molecule has 0 unspecified atom stereocenters. The summed E-state index contributed by atoms with van der Waals surface area (Å²) in [7, 11) is -2.68. The fourth-order valence-electron chi connectivity index (χ4n) is 1.34. The van der Waals surface area contributed by atoms with Crippen LogP contribution in [0.1, 0.15) is 15.9 Å². The monoisotopic (exact) mass is 307 g/mol. The molecule has 0 spiro atoms. The molecule has 0 aromatic heterocycles. The fourth-order valence-corrected chi connectivity index (χ4v) is 2.28. The summed E-state index contributed by atoms with van der Waals surface area (Å²) in [6.07, 6.45) is 0. The van der Waals surface area contributed by atoms with Gasteiger partial charge in [0, 0.05) is 7.11 Å². The van der Waals surface area contributed by atoms with Crippen LogP contribution in [0, 0.1) is 12.7 Å². The highest BCUT2D eigenvalue weighted by molar-refractivity contribution is 7.89. The first-order valence-electron chi connectivity index (χ1n) is 5.45. The summed E-state index contributed by atoms with van der Waals surface area (Å²) >= 11 is 0. The lowest BCUT2D eigenvalue weighted by Gasteiger charge is -2.09. The molecule has 20 heavy (non-hydrogen) atoms. The third-order valence-electron chi connectivity index (χ3n) is 2.33. The first-order chi connectivity index (χ1) is 9.29. The first-order valence-corrected chi connectivity index (χ1v) is 6.94. The van der Waals surface area contributed by atoms with E-state index in [1.165, 1.54) is 14.0 Å². The number of ether oxygens (including phenoxy) is 1. The molecule has 1 aromatic rings. The van der Waals surface area contributed by atoms with Crippen molar-refractivity contribution in [3.63, 3.8) is 0 Å². The van der Waals surface area contributed by atoms with Gasteiger partial charge in [0.25, 0.3) is 10.0 Å². The SMILES string of the molecule is COCCONS(=O)(=O)c1cc(C)c(F)c(C(=O)O)c1. The molecule has 0 aliphatic rings. The average molecular weight is 307 g/mol. The molecule has 0 heterocycles. The number of hydrogen-bond acceptors (Lipinski definition) is 5. The topological polar surface area (TPSA) is 102 Å². The Labute approximate surface area is 115 Å². The Morgan fingerprint density at radius 3 is 2.60 bits per heavy atom. The van der Waals surface area contributed by atoms with Crippen molar-refractivity contribution in [1.82, 2.24) is 4.89 Å². The van der Waals surface area contributed by atoms with Gasteiger partial charge in [0.05, 0.1) is 23.7 Å². The van der Waals surface area contributed by atoms with Crippen molar-refractivity contribution in [2.24, 2.45) is 0 Å². The molecule has 2 N–H and O–H groups in total. The first kappa shape index (κ1) is 16.5. The second-order valence-electron chi connectivity index (χ2n) is 3.83. The molecule has 0 aliphatic carbocycles. The Hall–Kier alpha value is -1.55. The quantitative estimate of drug-likeness (QED) is 0.567. The van der Waals surface area contributed by atoms with Crippen LogP contribution in [0.4, 0.5) is 4.39 Å². The third kappa shape index (κ3) is 3.97. The molecule has 112 valence electrons. The third-order valence-corrected chi connectivity index (χ3v) is 3.52. The number of aryl methyl sites for hydroxylation is 1. The van der Waals surface area contributed by atoms with Gasteiger partial charge in [0.15, 0.2) is 0 Å². The van der Waals surface area contributed by atoms with E-state index < -0.39 is 32.3 Å². The standard InChI is InChI=1S/C11H14FNO6S/c1-7-5-8(6-9(10(7)12)11(14)15)20(16,17)13-19-4-3-18-2/h5-6,13H,3-4H2,1-2H3,(H,14,15). The number of nitrogens with one attached hydrogen (secondary N) is 1. The van der Waals surface area contributed by atoms with Crippen LogP contribution >= 0.6 is 0 Å². The van der Waals surface area contributed by atoms with E-state index in [9.17, 15) is 17.6 Å². The Balaban J connectivity index is 3.04. The molecule has 0 saturated carbocycles. The Morgan fingerprint density at radius 2 is 2.05 bits per heavy atom. The number of rotatable bonds is 7. The van der Waals surface area contributed by atoms with E-state index in [-0.39, 0.29) is 18.8 Å². The number of hydrogen-bond donors (Lipinski definition) is 2. The van der Waals surface area contributed by atoms with Crippen LogP contribution < -0.4 is 4.89 Å². The van der Waals surface area contributed by atoms with Crippen molar-refractivity contribution in [1.29, 1.82) is 0 Å². The molecular weight excluding hydrogens is 293 g/mol. The maximum Gasteiger partial charge on any atom is 0.338 e. The van der Waals surface area contributed by atoms with Gasteiger partial charge in [0.1, 0.15) is 5.82 Å². The van der Waals surface area contributed by atoms with E-state index in [4.69, 9.17) is 5.11 Å². The van der Waals surface area contributed by atoms with Crippen molar-refractivity contribution >= 4 is 16.0 Å². The van der Waals surface area contributed by atoms with Gasteiger partial charge in [-0.1, -0.05) is 4.89 Å². The zero-order valence-corrected chi connectivity index (χ0v) is 11.7. The predicted octanol–water partition coefficient (Wildman–Crippen LogP) is 0.689. The molecule has 1 aromatic carbocycles. The lowest BCUT2D eigenvalue weighted by Crippen LogP contribution is -2.26. The van der Waals surface area contributed by atoms with E-state index in [1.807, 2.05) is 0 Å². The van der Waals surface area contributed by atoms with Gasteiger partial charge in [-0.3, -0.25) is 4.84 Å².